The highest BCUT2D eigenvalue weighted by atomic mass is 16.5. The van der Waals surface area contributed by atoms with Crippen molar-refractivity contribution in [2.45, 2.75) is 19.3 Å². The van der Waals surface area contributed by atoms with Crippen molar-refractivity contribution in [3.05, 3.63) is 131 Å². The highest BCUT2D eigenvalue weighted by Crippen LogP contribution is 2.46. The first-order valence-corrected chi connectivity index (χ1v) is 13.5. The number of aliphatic imine (C=N–C) groups is 1. The normalized spacial score (nSPS) is 14.8. The fourth-order valence-corrected chi connectivity index (χ4v) is 5.55. The molecule has 5 aromatic rings. The molecule has 0 fully saturated rings. The van der Waals surface area contributed by atoms with Gasteiger partial charge in [0.25, 0.3) is 0 Å². The largest absolute Gasteiger partial charge is 0.493 e. The van der Waals surface area contributed by atoms with Gasteiger partial charge in [0.2, 0.25) is 0 Å². The van der Waals surface area contributed by atoms with Gasteiger partial charge in [-0.2, -0.15) is 0 Å². The van der Waals surface area contributed by atoms with E-state index in [0.717, 1.165) is 40.1 Å². The highest BCUT2D eigenvalue weighted by Gasteiger charge is 2.32. The van der Waals surface area contributed by atoms with Crippen molar-refractivity contribution in [1.82, 2.24) is 4.98 Å². The Morgan fingerprint density at radius 2 is 1.60 bits per heavy atom. The lowest BCUT2D eigenvalue weighted by molar-refractivity contribution is 0.354. The summed E-state index contributed by atoms with van der Waals surface area (Å²) in [5.41, 5.74) is 7.91. The van der Waals surface area contributed by atoms with Crippen molar-refractivity contribution < 1.29 is 14.2 Å². The van der Waals surface area contributed by atoms with Gasteiger partial charge in [0, 0.05) is 52.5 Å². The summed E-state index contributed by atoms with van der Waals surface area (Å²) in [7, 11) is 3.29. The Bertz CT molecular complexity index is 1730. The second kappa shape index (κ2) is 11.1. The number of para-hydroxylation sites is 2. The average molecular weight is 529 g/mol. The molecular formula is C35H32N2O3. The number of methoxy groups -OCH3 is 2. The molecule has 40 heavy (non-hydrogen) atoms. The fraction of sp³-hybridized carbons (Fsp3) is 0.171. The number of nitrogens with one attached hydrogen (secondary N) is 1. The van der Waals surface area contributed by atoms with Gasteiger partial charge in [0.05, 0.1) is 14.2 Å². The molecule has 0 saturated heterocycles. The second-order valence-electron chi connectivity index (χ2n) is 9.93. The van der Waals surface area contributed by atoms with Crippen LogP contribution in [0.3, 0.4) is 0 Å². The topological polar surface area (TPSA) is 55.8 Å². The monoisotopic (exact) mass is 528 g/mol. The second-order valence-corrected chi connectivity index (χ2v) is 9.93. The number of hydrogen-bond donors (Lipinski definition) is 1. The van der Waals surface area contributed by atoms with Gasteiger partial charge < -0.3 is 19.2 Å². The minimum atomic E-state index is -0.0360. The summed E-state index contributed by atoms with van der Waals surface area (Å²) >= 11 is 0. The van der Waals surface area contributed by atoms with E-state index in [1.807, 2.05) is 36.5 Å². The maximum atomic E-state index is 6.64. The third kappa shape index (κ3) is 4.75. The van der Waals surface area contributed by atoms with Crippen LogP contribution in [0.5, 0.6) is 17.2 Å². The minimum Gasteiger partial charge on any atom is -0.493 e. The Labute approximate surface area is 234 Å². The number of nitrogens with zero attached hydrogens (tertiary/aromatic N) is 1. The third-order valence-electron chi connectivity index (χ3n) is 7.58. The SMILES string of the molecule is COc1ccc(C2=C(C=NCCc3c[nH]c4ccccc34)[C@@H](c3ccccc3C)c3ccccc3O2)cc1OC. The van der Waals surface area contributed by atoms with Crippen molar-refractivity contribution >= 4 is 22.9 Å². The van der Waals surface area contributed by atoms with E-state index in [9.17, 15) is 0 Å². The molecule has 2 heterocycles. The van der Waals surface area contributed by atoms with Crippen LogP contribution < -0.4 is 14.2 Å². The maximum Gasteiger partial charge on any atom is 0.161 e. The van der Waals surface area contributed by atoms with Gasteiger partial charge >= 0.3 is 0 Å². The maximum absolute atomic E-state index is 6.64. The number of benzene rings is 4. The number of hydrogen-bond acceptors (Lipinski definition) is 4. The molecule has 1 atom stereocenters. The molecule has 0 saturated carbocycles. The molecule has 1 N–H and O–H groups in total. The minimum absolute atomic E-state index is 0.0360. The van der Waals surface area contributed by atoms with E-state index >= 15 is 0 Å². The van der Waals surface area contributed by atoms with Gasteiger partial charge in [-0.3, -0.25) is 4.99 Å². The molecule has 1 aromatic heterocycles. The summed E-state index contributed by atoms with van der Waals surface area (Å²) in [5.74, 6) is 2.90. The molecule has 1 aliphatic rings. The van der Waals surface area contributed by atoms with Crippen molar-refractivity contribution in [2.24, 2.45) is 4.99 Å². The molecule has 0 unspecified atom stereocenters. The van der Waals surface area contributed by atoms with Crippen molar-refractivity contribution in [1.29, 1.82) is 0 Å². The predicted molar refractivity (Wildman–Crippen MR) is 162 cm³/mol. The first-order valence-electron chi connectivity index (χ1n) is 13.5. The van der Waals surface area contributed by atoms with Gasteiger partial charge in [0.1, 0.15) is 11.5 Å². The molecule has 1 aliphatic heterocycles. The number of allylic oxidation sites excluding steroid dienone is 1. The molecule has 0 bridgehead atoms. The van der Waals surface area contributed by atoms with E-state index in [2.05, 4.69) is 78.8 Å². The summed E-state index contributed by atoms with van der Waals surface area (Å²) in [6.45, 7) is 2.82. The zero-order valence-electron chi connectivity index (χ0n) is 23.0. The van der Waals surface area contributed by atoms with Crippen LogP contribution in [0, 0.1) is 6.92 Å². The summed E-state index contributed by atoms with van der Waals surface area (Å²) in [4.78, 5) is 8.34. The number of aryl methyl sites for hydroxylation is 1. The number of ether oxygens (including phenoxy) is 3. The molecular weight excluding hydrogens is 496 g/mol. The van der Waals surface area contributed by atoms with E-state index < -0.39 is 0 Å². The smallest absolute Gasteiger partial charge is 0.161 e. The lowest BCUT2D eigenvalue weighted by atomic mass is 9.80. The Kier molecular flexibility index (Phi) is 7.11. The van der Waals surface area contributed by atoms with E-state index in [0.29, 0.717) is 18.0 Å². The fourth-order valence-electron chi connectivity index (χ4n) is 5.55. The molecule has 0 aliphatic carbocycles. The van der Waals surface area contributed by atoms with Crippen molar-refractivity contribution in [3.8, 4) is 17.2 Å². The Morgan fingerprint density at radius 1 is 0.850 bits per heavy atom. The molecule has 5 heteroatoms. The van der Waals surface area contributed by atoms with Gasteiger partial charge in [-0.15, -0.1) is 0 Å². The zero-order chi connectivity index (χ0) is 27.5. The van der Waals surface area contributed by atoms with E-state index in [1.54, 1.807) is 14.2 Å². The first kappa shape index (κ1) is 25.5. The van der Waals surface area contributed by atoms with Crippen LogP contribution in [-0.2, 0) is 6.42 Å². The van der Waals surface area contributed by atoms with Crippen LogP contribution in [0.4, 0.5) is 0 Å². The zero-order valence-corrected chi connectivity index (χ0v) is 23.0. The number of aromatic nitrogens is 1. The van der Waals surface area contributed by atoms with Gasteiger partial charge in [-0.1, -0.05) is 60.7 Å². The number of H-pyrrole nitrogens is 1. The van der Waals surface area contributed by atoms with Crippen molar-refractivity contribution in [3.63, 3.8) is 0 Å². The van der Waals surface area contributed by atoms with Crippen LogP contribution in [-0.4, -0.2) is 32.0 Å². The predicted octanol–water partition coefficient (Wildman–Crippen LogP) is 7.74. The van der Waals surface area contributed by atoms with Crippen LogP contribution in [0.1, 0.15) is 33.7 Å². The molecule has 200 valence electrons. The summed E-state index contributed by atoms with van der Waals surface area (Å²) in [5, 5.41) is 1.25. The summed E-state index contributed by atoms with van der Waals surface area (Å²) in [6.07, 6.45) is 4.94. The van der Waals surface area contributed by atoms with E-state index in [1.165, 1.54) is 22.1 Å². The average Bonchev–Trinajstić information content (AvgIpc) is 3.42. The van der Waals surface area contributed by atoms with Gasteiger partial charge in [-0.25, -0.2) is 0 Å². The van der Waals surface area contributed by atoms with Gasteiger partial charge in [0.15, 0.2) is 11.5 Å². The van der Waals surface area contributed by atoms with Crippen LogP contribution in [0.25, 0.3) is 16.7 Å². The Hall–Kier alpha value is -4.77. The summed E-state index contributed by atoms with van der Waals surface area (Å²) < 4.78 is 17.8. The van der Waals surface area contributed by atoms with E-state index in [4.69, 9.17) is 19.2 Å². The van der Waals surface area contributed by atoms with Crippen LogP contribution in [0.15, 0.2) is 108 Å². The quantitative estimate of drug-likeness (QED) is 0.210. The third-order valence-corrected chi connectivity index (χ3v) is 7.58. The lowest BCUT2D eigenvalue weighted by Gasteiger charge is -2.31. The molecule has 5 nitrogen and oxygen atoms in total. The highest BCUT2D eigenvalue weighted by molar-refractivity contribution is 5.94. The number of fused-ring (bicyclic) bond motifs is 2. The number of rotatable bonds is 8. The standard InChI is InChI=1S/C35H32N2O3/c1-23-10-4-5-11-26(23)34-28-13-7-9-15-31(28)40-35(24-16-17-32(38-2)33(20-24)39-3)29(34)22-36-19-18-25-21-37-30-14-8-6-12-27(25)30/h4-17,20-22,34,37H,18-19H2,1-3H3/t34-/m0/s1. The van der Waals surface area contributed by atoms with Gasteiger partial charge in [-0.05, 0) is 60.4 Å². The first-order chi connectivity index (χ1) is 19.7. The molecule has 4 aromatic carbocycles. The van der Waals surface area contributed by atoms with E-state index in [-0.39, 0.29) is 5.92 Å². The van der Waals surface area contributed by atoms with Crippen LogP contribution in [0.2, 0.25) is 0 Å². The Morgan fingerprint density at radius 3 is 2.42 bits per heavy atom. The molecule has 0 spiro atoms. The molecule has 6 rings (SSSR count). The van der Waals surface area contributed by atoms with Crippen LogP contribution >= 0.6 is 0 Å². The Balaban J connectivity index is 1.45. The van der Waals surface area contributed by atoms with Crippen molar-refractivity contribution in [2.75, 3.05) is 20.8 Å². The molecule has 0 radical (unpaired) electrons. The number of aromatic amines is 1. The lowest BCUT2D eigenvalue weighted by Crippen LogP contribution is -2.18. The summed E-state index contributed by atoms with van der Waals surface area (Å²) in [6, 6.07) is 31.1. The molecule has 0 amide bonds.